The molecule has 0 spiro atoms. The molecular weight excluding hydrogens is 168 g/mol. The van der Waals surface area contributed by atoms with Gasteiger partial charge < -0.3 is 9.47 Å². The Morgan fingerprint density at radius 2 is 1.92 bits per heavy atom. The highest BCUT2D eigenvalue weighted by atomic mass is 16.7. The lowest BCUT2D eigenvalue weighted by Gasteiger charge is -2.24. The van der Waals surface area contributed by atoms with Gasteiger partial charge in [0, 0.05) is 13.2 Å². The fourth-order valence-electron chi connectivity index (χ4n) is 1.05. The van der Waals surface area contributed by atoms with Gasteiger partial charge in [0.15, 0.2) is 6.29 Å². The molecule has 0 bridgehead atoms. The average Bonchev–Trinajstić information content (AvgIpc) is 2.14. The highest BCUT2D eigenvalue weighted by Gasteiger charge is 2.19. The lowest BCUT2D eigenvalue weighted by Crippen LogP contribution is -2.46. The van der Waals surface area contributed by atoms with Gasteiger partial charge in [0.05, 0.1) is 6.04 Å². The molecule has 4 nitrogen and oxygen atoms in total. The van der Waals surface area contributed by atoms with E-state index in [9.17, 15) is 0 Å². The molecule has 0 aliphatic carbocycles. The van der Waals surface area contributed by atoms with Crippen LogP contribution in [-0.4, -0.2) is 25.5 Å². The molecule has 0 saturated heterocycles. The van der Waals surface area contributed by atoms with Gasteiger partial charge in [-0.1, -0.05) is 6.08 Å². The predicted molar refractivity (Wildman–Crippen MR) is 53.0 cm³/mol. The van der Waals surface area contributed by atoms with Crippen molar-refractivity contribution in [3.05, 3.63) is 12.7 Å². The second-order valence-corrected chi connectivity index (χ2v) is 2.58. The quantitative estimate of drug-likeness (QED) is 0.256. The van der Waals surface area contributed by atoms with Crippen molar-refractivity contribution in [2.24, 2.45) is 5.84 Å². The third kappa shape index (κ3) is 5.00. The zero-order valence-electron chi connectivity index (χ0n) is 8.45. The summed E-state index contributed by atoms with van der Waals surface area (Å²) in [5, 5.41) is 0. The van der Waals surface area contributed by atoms with Crippen LogP contribution in [0.25, 0.3) is 0 Å². The van der Waals surface area contributed by atoms with Gasteiger partial charge in [-0.2, -0.15) is 0 Å². The predicted octanol–water partition coefficient (Wildman–Crippen LogP) is 0.793. The van der Waals surface area contributed by atoms with E-state index in [0.717, 1.165) is 6.42 Å². The summed E-state index contributed by atoms with van der Waals surface area (Å²) in [5.41, 5.74) is 2.65. The molecule has 1 atom stereocenters. The standard InChI is InChI=1S/C9H20N2O2/c1-4-7-8(11-10)9(12-5-2)13-6-3/h4,8-9,11H,1,5-7,10H2,2-3H3. The lowest BCUT2D eigenvalue weighted by molar-refractivity contribution is -0.153. The van der Waals surface area contributed by atoms with Crippen molar-refractivity contribution < 1.29 is 9.47 Å². The molecule has 0 aliphatic rings. The average molecular weight is 188 g/mol. The summed E-state index contributed by atoms with van der Waals surface area (Å²) in [6, 6.07) is -0.0302. The van der Waals surface area contributed by atoms with Gasteiger partial charge in [0.2, 0.25) is 0 Å². The number of hydrogen-bond donors (Lipinski definition) is 2. The van der Waals surface area contributed by atoms with Crippen LogP contribution < -0.4 is 11.3 Å². The second-order valence-electron chi connectivity index (χ2n) is 2.58. The molecular formula is C9H20N2O2. The third-order valence-electron chi connectivity index (χ3n) is 1.63. The first-order chi connectivity index (χ1) is 6.29. The monoisotopic (exact) mass is 188 g/mol. The Balaban J connectivity index is 4.02. The molecule has 0 aromatic carbocycles. The van der Waals surface area contributed by atoms with Crippen LogP contribution >= 0.6 is 0 Å². The number of ether oxygens (including phenoxy) is 2. The van der Waals surface area contributed by atoms with E-state index in [1.165, 1.54) is 0 Å². The highest BCUT2D eigenvalue weighted by molar-refractivity contribution is 4.79. The summed E-state index contributed by atoms with van der Waals surface area (Å²) < 4.78 is 10.8. The molecule has 0 radical (unpaired) electrons. The number of nitrogens with two attached hydrogens (primary N) is 1. The van der Waals surface area contributed by atoms with Crippen LogP contribution in [0.4, 0.5) is 0 Å². The highest BCUT2D eigenvalue weighted by Crippen LogP contribution is 2.05. The molecule has 4 heteroatoms. The molecule has 0 aliphatic heterocycles. The minimum atomic E-state index is -0.294. The summed E-state index contributed by atoms with van der Waals surface area (Å²) >= 11 is 0. The topological polar surface area (TPSA) is 56.5 Å². The van der Waals surface area contributed by atoms with E-state index in [-0.39, 0.29) is 12.3 Å². The lowest BCUT2D eigenvalue weighted by atomic mass is 10.2. The van der Waals surface area contributed by atoms with Crippen LogP contribution in [0.2, 0.25) is 0 Å². The molecule has 0 heterocycles. The van der Waals surface area contributed by atoms with E-state index in [0.29, 0.717) is 13.2 Å². The zero-order chi connectivity index (χ0) is 10.1. The van der Waals surface area contributed by atoms with Crippen LogP contribution in [0.5, 0.6) is 0 Å². The Kier molecular flexibility index (Phi) is 7.93. The van der Waals surface area contributed by atoms with E-state index in [1.54, 1.807) is 6.08 Å². The zero-order valence-corrected chi connectivity index (χ0v) is 8.45. The van der Waals surface area contributed by atoms with Crippen LogP contribution in [0, 0.1) is 0 Å². The largest absolute Gasteiger partial charge is 0.351 e. The van der Waals surface area contributed by atoms with E-state index in [4.69, 9.17) is 15.3 Å². The SMILES string of the molecule is C=CCC(NN)C(OCC)OCC. The molecule has 1 unspecified atom stereocenters. The molecule has 0 aromatic rings. The first kappa shape index (κ1) is 12.6. The van der Waals surface area contributed by atoms with Crippen LogP contribution in [-0.2, 0) is 9.47 Å². The van der Waals surface area contributed by atoms with Crippen molar-refractivity contribution in [2.75, 3.05) is 13.2 Å². The molecule has 78 valence electrons. The van der Waals surface area contributed by atoms with Crippen molar-refractivity contribution in [1.82, 2.24) is 5.43 Å². The summed E-state index contributed by atoms with van der Waals surface area (Å²) in [5.74, 6) is 5.36. The molecule has 0 saturated carbocycles. The molecule has 0 fully saturated rings. The van der Waals surface area contributed by atoms with Crippen LogP contribution in [0.3, 0.4) is 0 Å². The summed E-state index contributed by atoms with van der Waals surface area (Å²) in [4.78, 5) is 0. The number of rotatable bonds is 8. The fourth-order valence-corrected chi connectivity index (χ4v) is 1.05. The molecule has 0 aromatic heterocycles. The van der Waals surface area contributed by atoms with Gasteiger partial charge >= 0.3 is 0 Å². The first-order valence-electron chi connectivity index (χ1n) is 4.60. The van der Waals surface area contributed by atoms with Crippen molar-refractivity contribution >= 4 is 0 Å². The molecule has 0 amide bonds. The number of hydrogen-bond acceptors (Lipinski definition) is 4. The Labute approximate surface area is 80.1 Å². The minimum absolute atomic E-state index is 0.0302. The van der Waals surface area contributed by atoms with Crippen molar-refractivity contribution in [3.8, 4) is 0 Å². The Morgan fingerprint density at radius 3 is 2.23 bits per heavy atom. The smallest absolute Gasteiger partial charge is 0.174 e. The van der Waals surface area contributed by atoms with Gasteiger partial charge in [-0.3, -0.25) is 11.3 Å². The van der Waals surface area contributed by atoms with Gasteiger partial charge in [-0.25, -0.2) is 0 Å². The van der Waals surface area contributed by atoms with Crippen molar-refractivity contribution in [2.45, 2.75) is 32.6 Å². The van der Waals surface area contributed by atoms with E-state index >= 15 is 0 Å². The van der Waals surface area contributed by atoms with Crippen LogP contribution in [0.15, 0.2) is 12.7 Å². The fraction of sp³-hybridized carbons (Fsp3) is 0.778. The minimum Gasteiger partial charge on any atom is -0.351 e. The normalized spacial score (nSPS) is 13.2. The van der Waals surface area contributed by atoms with Gasteiger partial charge in [-0.15, -0.1) is 6.58 Å². The molecule has 3 N–H and O–H groups in total. The maximum atomic E-state index is 5.38. The summed E-state index contributed by atoms with van der Waals surface area (Å²) in [6.45, 7) is 8.71. The third-order valence-corrected chi connectivity index (χ3v) is 1.63. The van der Waals surface area contributed by atoms with E-state index < -0.39 is 0 Å². The summed E-state index contributed by atoms with van der Waals surface area (Å²) in [6.07, 6.45) is 2.22. The van der Waals surface area contributed by atoms with Crippen molar-refractivity contribution in [3.63, 3.8) is 0 Å². The van der Waals surface area contributed by atoms with Gasteiger partial charge in [0.25, 0.3) is 0 Å². The van der Waals surface area contributed by atoms with Crippen LogP contribution in [0.1, 0.15) is 20.3 Å². The van der Waals surface area contributed by atoms with E-state index in [2.05, 4.69) is 12.0 Å². The second kappa shape index (κ2) is 8.19. The summed E-state index contributed by atoms with van der Waals surface area (Å²) in [7, 11) is 0. The number of hydrazine groups is 1. The Hall–Kier alpha value is -0.420. The van der Waals surface area contributed by atoms with E-state index in [1.807, 2.05) is 13.8 Å². The maximum absolute atomic E-state index is 5.38. The first-order valence-corrected chi connectivity index (χ1v) is 4.60. The Bertz CT molecular complexity index is 125. The molecule has 0 rings (SSSR count). The maximum Gasteiger partial charge on any atom is 0.174 e. The van der Waals surface area contributed by atoms with Gasteiger partial charge in [-0.05, 0) is 20.3 Å². The number of nitrogens with one attached hydrogen (secondary N) is 1. The molecule has 13 heavy (non-hydrogen) atoms. The van der Waals surface area contributed by atoms with Crippen molar-refractivity contribution in [1.29, 1.82) is 0 Å². The van der Waals surface area contributed by atoms with Gasteiger partial charge in [0.1, 0.15) is 0 Å². The Morgan fingerprint density at radius 1 is 1.38 bits per heavy atom.